The molecule has 108 valence electrons. The van der Waals surface area contributed by atoms with Crippen molar-refractivity contribution in [1.29, 1.82) is 0 Å². The van der Waals surface area contributed by atoms with E-state index in [0.717, 1.165) is 6.42 Å². The first-order valence-electron chi connectivity index (χ1n) is 7.26. The van der Waals surface area contributed by atoms with Crippen LogP contribution in [0.3, 0.4) is 0 Å². The molecule has 0 unspecified atom stereocenters. The molecule has 0 saturated carbocycles. The van der Waals surface area contributed by atoms with Crippen LogP contribution in [-0.4, -0.2) is 17.8 Å². The number of esters is 1. The van der Waals surface area contributed by atoms with Crippen molar-refractivity contribution in [2.24, 2.45) is 0 Å². The Bertz CT molecular complexity index is 624. The molecule has 0 N–H and O–H groups in total. The van der Waals surface area contributed by atoms with E-state index in [1.807, 2.05) is 19.1 Å². The number of hydrogen-bond donors (Lipinski definition) is 0. The lowest BCUT2D eigenvalue weighted by Gasteiger charge is -2.30. The Labute approximate surface area is 129 Å². The van der Waals surface area contributed by atoms with Gasteiger partial charge in [-0.1, -0.05) is 48.5 Å². The zero-order valence-corrected chi connectivity index (χ0v) is 12.8. The van der Waals surface area contributed by atoms with Crippen molar-refractivity contribution in [3.05, 3.63) is 65.7 Å². The molecule has 2 nitrogen and oxygen atoms in total. The smallest absolute Gasteiger partial charge is 0.319 e. The second-order valence-corrected chi connectivity index (χ2v) is 6.34. The minimum absolute atomic E-state index is 0.0991. The maximum Gasteiger partial charge on any atom is 0.319 e. The van der Waals surface area contributed by atoms with E-state index < -0.39 is 0 Å². The lowest BCUT2D eigenvalue weighted by Crippen LogP contribution is -2.26. The molecule has 1 aliphatic heterocycles. The standard InChI is InChI=1S/C18H18O2S/c1-2-20-18(19)17-12-15(13-8-4-3-5-9-13)14-10-6-7-11-16(14)21-17/h3-11,15,17H,2,12H2,1H3/t15-,17-/m1/s1. The summed E-state index contributed by atoms with van der Waals surface area (Å²) in [6, 6.07) is 18.8. The Morgan fingerprint density at radius 3 is 2.62 bits per heavy atom. The van der Waals surface area contributed by atoms with Gasteiger partial charge in [-0.2, -0.15) is 0 Å². The summed E-state index contributed by atoms with van der Waals surface area (Å²) in [4.78, 5) is 13.3. The van der Waals surface area contributed by atoms with Crippen molar-refractivity contribution >= 4 is 17.7 Å². The van der Waals surface area contributed by atoms with Crippen molar-refractivity contribution in [1.82, 2.24) is 0 Å². The number of carbonyl (C=O) groups is 1. The molecule has 2 aromatic rings. The van der Waals surface area contributed by atoms with Gasteiger partial charge in [-0.3, -0.25) is 4.79 Å². The number of benzene rings is 2. The van der Waals surface area contributed by atoms with E-state index in [0.29, 0.717) is 6.61 Å². The van der Waals surface area contributed by atoms with Gasteiger partial charge in [-0.05, 0) is 30.5 Å². The molecule has 1 aliphatic rings. The summed E-state index contributed by atoms with van der Waals surface area (Å²) in [5.74, 6) is 0.163. The van der Waals surface area contributed by atoms with E-state index >= 15 is 0 Å². The highest BCUT2D eigenvalue weighted by Crippen LogP contribution is 2.45. The minimum atomic E-state index is -0.120. The quantitative estimate of drug-likeness (QED) is 0.793. The molecule has 3 rings (SSSR count). The Kier molecular flexibility index (Phi) is 4.30. The summed E-state index contributed by atoms with van der Waals surface area (Å²) in [7, 11) is 0. The molecule has 2 aromatic carbocycles. The number of carbonyl (C=O) groups excluding carboxylic acids is 1. The maximum atomic E-state index is 12.1. The van der Waals surface area contributed by atoms with Crippen molar-refractivity contribution in [3.8, 4) is 0 Å². The lowest BCUT2D eigenvalue weighted by molar-refractivity contribution is -0.142. The summed E-state index contributed by atoms with van der Waals surface area (Å²) in [6.07, 6.45) is 0.796. The summed E-state index contributed by atoms with van der Waals surface area (Å²) in [5, 5.41) is -0.120. The second kappa shape index (κ2) is 6.35. The topological polar surface area (TPSA) is 26.3 Å². The summed E-state index contributed by atoms with van der Waals surface area (Å²) in [5.41, 5.74) is 2.58. The van der Waals surface area contributed by atoms with Gasteiger partial charge >= 0.3 is 5.97 Å². The largest absolute Gasteiger partial charge is 0.465 e. The van der Waals surface area contributed by atoms with Crippen LogP contribution in [0, 0.1) is 0 Å². The summed E-state index contributed by atoms with van der Waals surface area (Å²) < 4.78 is 5.22. The fourth-order valence-corrected chi connectivity index (χ4v) is 4.06. The lowest BCUT2D eigenvalue weighted by atomic mass is 9.87. The van der Waals surface area contributed by atoms with E-state index in [2.05, 4.69) is 42.5 Å². The van der Waals surface area contributed by atoms with Gasteiger partial charge in [0.15, 0.2) is 0 Å². The van der Waals surface area contributed by atoms with Crippen LogP contribution in [0.15, 0.2) is 59.5 Å². The average molecular weight is 298 g/mol. The molecule has 0 fully saturated rings. The minimum Gasteiger partial charge on any atom is -0.465 e. The molecule has 1 heterocycles. The van der Waals surface area contributed by atoms with Crippen LogP contribution in [0.5, 0.6) is 0 Å². The Morgan fingerprint density at radius 1 is 1.14 bits per heavy atom. The summed E-state index contributed by atoms with van der Waals surface area (Å²) in [6.45, 7) is 2.29. The van der Waals surface area contributed by atoms with Crippen molar-refractivity contribution in [2.45, 2.75) is 29.4 Å². The van der Waals surface area contributed by atoms with E-state index in [1.54, 1.807) is 11.8 Å². The first kappa shape index (κ1) is 14.2. The average Bonchev–Trinajstić information content (AvgIpc) is 2.55. The highest BCUT2D eigenvalue weighted by molar-refractivity contribution is 8.00. The molecule has 0 saturated heterocycles. The third-order valence-electron chi connectivity index (χ3n) is 3.76. The van der Waals surface area contributed by atoms with Crippen LogP contribution in [0.25, 0.3) is 0 Å². The Morgan fingerprint density at radius 2 is 1.86 bits per heavy atom. The highest BCUT2D eigenvalue weighted by Gasteiger charge is 2.33. The van der Waals surface area contributed by atoms with Crippen LogP contribution in [0.1, 0.15) is 30.4 Å². The number of ether oxygens (including phenoxy) is 1. The predicted octanol–water partition coefficient (Wildman–Crippen LogP) is 4.25. The molecule has 0 amide bonds. The van der Waals surface area contributed by atoms with Crippen LogP contribution >= 0.6 is 11.8 Å². The molecule has 3 heteroatoms. The van der Waals surface area contributed by atoms with E-state index in [-0.39, 0.29) is 17.1 Å². The molecular weight excluding hydrogens is 280 g/mol. The van der Waals surface area contributed by atoms with Crippen LogP contribution in [-0.2, 0) is 9.53 Å². The molecule has 0 radical (unpaired) electrons. The van der Waals surface area contributed by atoms with Gasteiger partial charge in [0.05, 0.1) is 6.61 Å². The van der Waals surface area contributed by atoms with Gasteiger partial charge in [0.1, 0.15) is 5.25 Å². The zero-order chi connectivity index (χ0) is 14.7. The fraction of sp³-hybridized carbons (Fsp3) is 0.278. The first-order chi connectivity index (χ1) is 10.3. The van der Waals surface area contributed by atoms with Crippen molar-refractivity contribution in [2.75, 3.05) is 6.61 Å². The molecule has 0 spiro atoms. The van der Waals surface area contributed by atoms with Gasteiger partial charge in [0.2, 0.25) is 0 Å². The number of thioether (sulfide) groups is 1. The Hall–Kier alpha value is -1.74. The third kappa shape index (κ3) is 2.98. The third-order valence-corrected chi connectivity index (χ3v) is 5.06. The monoisotopic (exact) mass is 298 g/mol. The number of fused-ring (bicyclic) bond motifs is 1. The first-order valence-corrected chi connectivity index (χ1v) is 8.14. The van der Waals surface area contributed by atoms with Crippen LogP contribution < -0.4 is 0 Å². The second-order valence-electron chi connectivity index (χ2n) is 5.10. The fourth-order valence-electron chi connectivity index (χ4n) is 2.80. The molecule has 0 aliphatic carbocycles. The predicted molar refractivity (Wildman–Crippen MR) is 85.6 cm³/mol. The van der Waals surface area contributed by atoms with Crippen LogP contribution in [0.2, 0.25) is 0 Å². The van der Waals surface area contributed by atoms with Gasteiger partial charge in [-0.15, -0.1) is 11.8 Å². The van der Waals surface area contributed by atoms with Crippen molar-refractivity contribution < 1.29 is 9.53 Å². The molecule has 2 atom stereocenters. The SMILES string of the molecule is CCOC(=O)[C@H]1C[C@H](c2ccccc2)c2ccccc2S1. The van der Waals surface area contributed by atoms with Gasteiger partial charge < -0.3 is 4.74 Å². The molecule has 0 aromatic heterocycles. The van der Waals surface area contributed by atoms with Gasteiger partial charge in [0.25, 0.3) is 0 Å². The maximum absolute atomic E-state index is 12.1. The Balaban J connectivity index is 1.96. The van der Waals surface area contributed by atoms with E-state index in [9.17, 15) is 4.79 Å². The molecular formula is C18H18O2S. The van der Waals surface area contributed by atoms with Gasteiger partial charge in [0, 0.05) is 10.8 Å². The zero-order valence-electron chi connectivity index (χ0n) is 12.0. The van der Waals surface area contributed by atoms with Crippen molar-refractivity contribution in [3.63, 3.8) is 0 Å². The number of rotatable bonds is 3. The summed E-state index contributed by atoms with van der Waals surface area (Å²) >= 11 is 1.63. The normalized spacial score (nSPS) is 20.6. The van der Waals surface area contributed by atoms with Crippen LogP contribution in [0.4, 0.5) is 0 Å². The van der Waals surface area contributed by atoms with E-state index in [4.69, 9.17) is 4.74 Å². The van der Waals surface area contributed by atoms with E-state index in [1.165, 1.54) is 16.0 Å². The highest BCUT2D eigenvalue weighted by atomic mass is 32.2. The molecule has 21 heavy (non-hydrogen) atoms. The number of hydrogen-bond acceptors (Lipinski definition) is 3. The van der Waals surface area contributed by atoms with Gasteiger partial charge in [-0.25, -0.2) is 0 Å². The molecule has 0 bridgehead atoms.